The van der Waals surface area contributed by atoms with Crippen LogP contribution in [0.15, 0.2) is 67.1 Å². The number of aromatic amines is 1. The Bertz CT molecular complexity index is 1190. The van der Waals surface area contributed by atoms with Gasteiger partial charge in [0.15, 0.2) is 5.82 Å². The zero-order valence-electron chi connectivity index (χ0n) is 16.3. The van der Waals surface area contributed by atoms with Crippen LogP contribution in [-0.2, 0) is 6.42 Å². The van der Waals surface area contributed by atoms with Gasteiger partial charge in [-0.25, -0.2) is 4.98 Å². The van der Waals surface area contributed by atoms with Gasteiger partial charge in [-0.05, 0) is 30.2 Å². The van der Waals surface area contributed by atoms with Gasteiger partial charge in [0, 0.05) is 36.2 Å². The van der Waals surface area contributed by atoms with Crippen LogP contribution in [0.4, 0.5) is 0 Å². The number of carbonyl (C=O) groups excluding carboxylic acids is 1. The number of pyridine rings is 1. The summed E-state index contributed by atoms with van der Waals surface area (Å²) in [6.45, 7) is 0.818. The number of carbonyl (C=O) groups is 1. The fraction of sp³-hybridized carbons (Fsp3) is 0.217. The molecule has 30 heavy (non-hydrogen) atoms. The second kappa shape index (κ2) is 7.68. The molecule has 150 valence electrons. The number of nitrogens with zero attached hydrogens (tertiary/aromatic N) is 4. The minimum Gasteiger partial charge on any atom is -0.391 e. The molecule has 1 saturated heterocycles. The van der Waals surface area contributed by atoms with Crippen LogP contribution < -0.4 is 0 Å². The Morgan fingerprint density at radius 2 is 1.90 bits per heavy atom. The smallest absolute Gasteiger partial charge is 0.254 e. The number of β-amino-alcohol motifs (C(OH)–C–C–N with tert-alkyl or cyclic N) is 1. The van der Waals surface area contributed by atoms with Crippen molar-refractivity contribution in [1.29, 1.82) is 0 Å². The van der Waals surface area contributed by atoms with E-state index in [0.29, 0.717) is 36.5 Å². The Morgan fingerprint density at radius 1 is 1.07 bits per heavy atom. The normalized spacial score (nSPS) is 18.8. The van der Waals surface area contributed by atoms with Crippen LogP contribution in [0, 0.1) is 5.92 Å². The van der Waals surface area contributed by atoms with Crippen molar-refractivity contribution < 1.29 is 9.90 Å². The zero-order valence-corrected chi connectivity index (χ0v) is 16.3. The van der Waals surface area contributed by atoms with Gasteiger partial charge in [0.05, 0.1) is 17.2 Å². The molecule has 1 amide bonds. The fourth-order valence-corrected chi connectivity index (χ4v) is 4.22. The van der Waals surface area contributed by atoms with Gasteiger partial charge in [-0.1, -0.05) is 36.4 Å². The highest BCUT2D eigenvalue weighted by atomic mass is 16.3. The molecule has 0 aliphatic carbocycles. The average molecular weight is 399 g/mol. The summed E-state index contributed by atoms with van der Waals surface area (Å²) in [7, 11) is 0. The first-order valence-electron chi connectivity index (χ1n) is 9.95. The second-order valence-corrected chi connectivity index (χ2v) is 7.61. The first-order valence-corrected chi connectivity index (χ1v) is 9.95. The van der Waals surface area contributed by atoms with E-state index in [4.69, 9.17) is 0 Å². The number of hydrogen-bond acceptors (Lipinski definition) is 5. The molecule has 2 aromatic heterocycles. The van der Waals surface area contributed by atoms with Crippen molar-refractivity contribution in [2.75, 3.05) is 13.1 Å². The molecule has 0 spiro atoms. The van der Waals surface area contributed by atoms with Gasteiger partial charge in [-0.15, -0.1) is 0 Å². The number of nitrogens with one attached hydrogen (secondary N) is 1. The molecule has 1 aliphatic rings. The highest BCUT2D eigenvalue weighted by molar-refractivity contribution is 6.00. The number of likely N-dealkylation sites (tertiary alicyclic amines) is 1. The second-order valence-electron chi connectivity index (χ2n) is 7.61. The van der Waals surface area contributed by atoms with Gasteiger partial charge in [-0.2, -0.15) is 5.10 Å². The molecule has 1 fully saturated rings. The molecular weight excluding hydrogens is 378 g/mol. The zero-order chi connectivity index (χ0) is 20.5. The minimum absolute atomic E-state index is 0.0304. The third kappa shape index (κ3) is 3.33. The maximum absolute atomic E-state index is 13.3. The summed E-state index contributed by atoms with van der Waals surface area (Å²) in [4.78, 5) is 23.6. The summed E-state index contributed by atoms with van der Waals surface area (Å²) in [5, 5.41) is 18.5. The van der Waals surface area contributed by atoms with Gasteiger partial charge < -0.3 is 10.0 Å². The number of H-pyrrole nitrogens is 1. The molecule has 0 bridgehead atoms. The van der Waals surface area contributed by atoms with E-state index >= 15 is 0 Å². The van der Waals surface area contributed by atoms with E-state index in [-0.39, 0.29) is 11.8 Å². The van der Waals surface area contributed by atoms with Crippen molar-refractivity contribution in [3.8, 4) is 11.4 Å². The van der Waals surface area contributed by atoms with Crippen molar-refractivity contribution >= 4 is 16.8 Å². The Morgan fingerprint density at radius 3 is 2.77 bits per heavy atom. The lowest BCUT2D eigenvalue weighted by Gasteiger charge is -2.18. The van der Waals surface area contributed by atoms with E-state index in [1.54, 1.807) is 17.2 Å². The number of hydrogen-bond donors (Lipinski definition) is 2. The topological polar surface area (TPSA) is 95.0 Å². The molecule has 7 nitrogen and oxygen atoms in total. The molecule has 2 N–H and O–H groups in total. The summed E-state index contributed by atoms with van der Waals surface area (Å²) in [6, 6.07) is 17.3. The predicted molar refractivity (Wildman–Crippen MR) is 113 cm³/mol. The molecular formula is C23H21N5O2. The Balaban J connectivity index is 1.38. The number of fused-ring (bicyclic) bond motifs is 1. The molecule has 0 unspecified atom stereocenters. The van der Waals surface area contributed by atoms with Crippen LogP contribution in [0.1, 0.15) is 15.9 Å². The van der Waals surface area contributed by atoms with E-state index < -0.39 is 6.10 Å². The van der Waals surface area contributed by atoms with Gasteiger partial charge in [0.2, 0.25) is 0 Å². The summed E-state index contributed by atoms with van der Waals surface area (Å²) in [5.41, 5.74) is 3.34. The number of para-hydroxylation sites is 1. The number of rotatable bonds is 4. The third-order valence-corrected chi connectivity index (χ3v) is 5.74. The number of amides is 1. The Hall–Kier alpha value is -3.58. The number of aromatic nitrogens is 4. The highest BCUT2D eigenvalue weighted by Gasteiger charge is 2.35. The first kappa shape index (κ1) is 18.4. The van der Waals surface area contributed by atoms with Crippen LogP contribution in [-0.4, -0.2) is 55.3 Å². The molecule has 3 heterocycles. The first-order chi connectivity index (χ1) is 14.7. The Labute approximate surface area is 173 Å². The van der Waals surface area contributed by atoms with Gasteiger partial charge in [0.25, 0.3) is 5.91 Å². The van der Waals surface area contributed by atoms with E-state index in [1.165, 1.54) is 6.33 Å². The van der Waals surface area contributed by atoms with Crippen LogP contribution in [0.2, 0.25) is 0 Å². The number of aliphatic hydroxyl groups excluding tert-OH is 1. The predicted octanol–water partition coefficient (Wildman–Crippen LogP) is 2.70. The lowest BCUT2D eigenvalue weighted by molar-refractivity contribution is 0.0765. The molecule has 1 aliphatic heterocycles. The van der Waals surface area contributed by atoms with Crippen molar-refractivity contribution in [1.82, 2.24) is 25.1 Å². The summed E-state index contributed by atoms with van der Waals surface area (Å²) >= 11 is 0. The van der Waals surface area contributed by atoms with Crippen molar-refractivity contribution in [3.63, 3.8) is 0 Å². The molecule has 4 aromatic rings. The molecule has 0 radical (unpaired) electrons. The standard InChI is InChI=1S/C23H21N5O2/c29-21-13-28(23(30)19-7-2-1-6-18(19)22-25-14-26-27-22)12-16(21)11-15-9-10-24-20-8-4-3-5-17(15)20/h1-10,14,16,21,29H,11-13H2,(H,25,26,27)/t16-,21+/m1/s1. The van der Waals surface area contributed by atoms with Gasteiger partial charge >= 0.3 is 0 Å². The van der Waals surface area contributed by atoms with E-state index in [2.05, 4.69) is 26.2 Å². The van der Waals surface area contributed by atoms with Crippen molar-refractivity contribution in [3.05, 3.63) is 78.2 Å². The monoisotopic (exact) mass is 399 g/mol. The molecule has 0 saturated carbocycles. The average Bonchev–Trinajstić information content (AvgIpc) is 3.44. The summed E-state index contributed by atoms with van der Waals surface area (Å²) in [6.07, 6.45) is 3.34. The largest absolute Gasteiger partial charge is 0.391 e. The van der Waals surface area contributed by atoms with Gasteiger partial charge in [0.1, 0.15) is 6.33 Å². The maximum Gasteiger partial charge on any atom is 0.254 e. The van der Waals surface area contributed by atoms with Crippen molar-refractivity contribution in [2.45, 2.75) is 12.5 Å². The molecule has 2 aromatic carbocycles. The van der Waals surface area contributed by atoms with E-state index in [9.17, 15) is 9.90 Å². The maximum atomic E-state index is 13.3. The van der Waals surface area contributed by atoms with E-state index in [1.807, 2.05) is 42.5 Å². The quantitative estimate of drug-likeness (QED) is 0.550. The highest BCUT2D eigenvalue weighted by Crippen LogP contribution is 2.28. The molecule has 7 heteroatoms. The fourth-order valence-electron chi connectivity index (χ4n) is 4.22. The van der Waals surface area contributed by atoms with Crippen LogP contribution in [0.25, 0.3) is 22.3 Å². The summed E-state index contributed by atoms with van der Waals surface area (Å²) < 4.78 is 0. The van der Waals surface area contributed by atoms with Crippen LogP contribution in [0.5, 0.6) is 0 Å². The summed E-state index contributed by atoms with van der Waals surface area (Å²) in [5.74, 6) is 0.416. The van der Waals surface area contributed by atoms with Crippen molar-refractivity contribution in [2.24, 2.45) is 5.92 Å². The Kier molecular flexibility index (Phi) is 4.72. The van der Waals surface area contributed by atoms with Crippen LogP contribution in [0.3, 0.4) is 0 Å². The lowest BCUT2D eigenvalue weighted by atomic mass is 9.94. The number of aliphatic hydroxyl groups is 1. The SMILES string of the molecule is O=C(c1ccccc1-c1ncn[nH]1)N1C[C@@H](Cc2ccnc3ccccc23)[C@@H](O)C1. The molecule has 2 atom stereocenters. The van der Waals surface area contributed by atoms with Crippen LogP contribution >= 0.6 is 0 Å². The minimum atomic E-state index is -0.571. The number of benzene rings is 2. The van der Waals surface area contributed by atoms with Gasteiger partial charge in [-0.3, -0.25) is 14.9 Å². The van der Waals surface area contributed by atoms with E-state index in [0.717, 1.165) is 16.5 Å². The third-order valence-electron chi connectivity index (χ3n) is 5.74. The molecule has 5 rings (SSSR count). The lowest BCUT2D eigenvalue weighted by Crippen LogP contribution is -2.30.